The first kappa shape index (κ1) is 12.0. The van der Waals surface area contributed by atoms with Crippen LogP contribution in [-0.2, 0) is 0 Å². The van der Waals surface area contributed by atoms with Crippen LogP contribution in [0.3, 0.4) is 0 Å². The summed E-state index contributed by atoms with van der Waals surface area (Å²) in [4.78, 5) is 8.22. The minimum absolute atomic E-state index is 0.113. The van der Waals surface area contributed by atoms with Crippen LogP contribution in [0.2, 0.25) is 0 Å². The number of nitrogens with two attached hydrogens (primary N) is 1. The minimum Gasteiger partial charge on any atom is -0.409 e. The fourth-order valence-corrected chi connectivity index (χ4v) is 1.55. The molecule has 0 atom stereocenters. The quantitative estimate of drug-likeness (QED) is 0.365. The molecule has 18 heavy (non-hydrogen) atoms. The number of aromatic nitrogens is 2. The van der Waals surface area contributed by atoms with Gasteiger partial charge in [0.25, 0.3) is 0 Å². The summed E-state index contributed by atoms with van der Waals surface area (Å²) in [6, 6.07) is 7.56. The number of hydrogen-bond acceptors (Lipinski definition) is 4. The summed E-state index contributed by atoms with van der Waals surface area (Å²) in [5.41, 5.74) is 6.89. The van der Waals surface area contributed by atoms with Crippen molar-refractivity contribution in [3.63, 3.8) is 0 Å². The van der Waals surface area contributed by atoms with Crippen molar-refractivity contribution in [1.29, 1.82) is 0 Å². The first-order valence-electron chi connectivity index (χ1n) is 5.19. The molecule has 0 amide bonds. The summed E-state index contributed by atoms with van der Waals surface area (Å²) in [6.07, 6.45) is 0. The Morgan fingerprint density at radius 3 is 2.78 bits per heavy atom. The van der Waals surface area contributed by atoms with Crippen molar-refractivity contribution in [3.05, 3.63) is 47.7 Å². The SMILES string of the molecule is Cc1nc(C(N)=NO)cc(-c2cccc(F)c2)n1. The zero-order valence-electron chi connectivity index (χ0n) is 9.63. The zero-order valence-corrected chi connectivity index (χ0v) is 9.63. The lowest BCUT2D eigenvalue weighted by molar-refractivity contribution is 0.318. The Kier molecular flexibility index (Phi) is 3.18. The van der Waals surface area contributed by atoms with Crippen molar-refractivity contribution in [3.8, 4) is 11.3 Å². The van der Waals surface area contributed by atoms with E-state index in [-0.39, 0.29) is 11.7 Å². The van der Waals surface area contributed by atoms with Crippen molar-refractivity contribution in [2.24, 2.45) is 10.9 Å². The average molecular weight is 246 g/mol. The lowest BCUT2D eigenvalue weighted by Gasteiger charge is -2.05. The van der Waals surface area contributed by atoms with Crippen LogP contribution in [0, 0.1) is 12.7 Å². The smallest absolute Gasteiger partial charge is 0.188 e. The van der Waals surface area contributed by atoms with E-state index in [9.17, 15) is 4.39 Å². The maximum absolute atomic E-state index is 13.1. The Balaban J connectivity index is 2.55. The molecule has 1 aromatic heterocycles. The molecule has 0 bridgehead atoms. The van der Waals surface area contributed by atoms with Gasteiger partial charge in [-0.15, -0.1) is 0 Å². The molecule has 0 spiro atoms. The number of benzene rings is 1. The van der Waals surface area contributed by atoms with Crippen LogP contribution in [0.4, 0.5) is 4.39 Å². The second-order valence-corrected chi connectivity index (χ2v) is 3.68. The average Bonchev–Trinajstić information content (AvgIpc) is 2.37. The number of oxime groups is 1. The zero-order chi connectivity index (χ0) is 13.1. The monoisotopic (exact) mass is 246 g/mol. The second-order valence-electron chi connectivity index (χ2n) is 3.68. The van der Waals surface area contributed by atoms with Crippen LogP contribution in [0.1, 0.15) is 11.5 Å². The first-order chi connectivity index (χ1) is 8.60. The van der Waals surface area contributed by atoms with E-state index in [0.717, 1.165) is 0 Å². The molecule has 0 saturated heterocycles. The van der Waals surface area contributed by atoms with Crippen molar-refractivity contribution in [2.75, 3.05) is 0 Å². The van der Waals surface area contributed by atoms with Crippen LogP contribution in [0.25, 0.3) is 11.3 Å². The summed E-state index contributed by atoms with van der Waals surface area (Å²) in [5.74, 6) is -0.00868. The van der Waals surface area contributed by atoms with Crippen LogP contribution in [0.15, 0.2) is 35.5 Å². The fraction of sp³-hybridized carbons (Fsp3) is 0.0833. The highest BCUT2D eigenvalue weighted by molar-refractivity contribution is 5.95. The number of amidine groups is 1. The number of aryl methyl sites for hydroxylation is 1. The van der Waals surface area contributed by atoms with Gasteiger partial charge in [0.05, 0.1) is 5.69 Å². The predicted octanol–water partition coefficient (Wildman–Crippen LogP) is 1.69. The highest BCUT2D eigenvalue weighted by atomic mass is 19.1. The summed E-state index contributed by atoms with van der Waals surface area (Å²) in [6.45, 7) is 1.68. The third kappa shape index (κ3) is 2.42. The van der Waals surface area contributed by atoms with Gasteiger partial charge in [-0.3, -0.25) is 0 Å². The summed E-state index contributed by atoms with van der Waals surface area (Å²) < 4.78 is 13.1. The summed E-state index contributed by atoms with van der Waals surface area (Å²) in [7, 11) is 0. The predicted molar refractivity (Wildman–Crippen MR) is 64.7 cm³/mol. The summed E-state index contributed by atoms with van der Waals surface area (Å²) >= 11 is 0. The van der Waals surface area contributed by atoms with Crippen LogP contribution in [0.5, 0.6) is 0 Å². The van der Waals surface area contributed by atoms with Gasteiger partial charge >= 0.3 is 0 Å². The molecule has 3 N–H and O–H groups in total. The Hall–Kier alpha value is -2.50. The van der Waals surface area contributed by atoms with Gasteiger partial charge in [-0.1, -0.05) is 17.3 Å². The van der Waals surface area contributed by atoms with Crippen LogP contribution >= 0.6 is 0 Å². The first-order valence-corrected chi connectivity index (χ1v) is 5.19. The van der Waals surface area contributed by atoms with E-state index in [4.69, 9.17) is 10.9 Å². The highest BCUT2D eigenvalue weighted by Gasteiger charge is 2.08. The topological polar surface area (TPSA) is 84.4 Å². The van der Waals surface area contributed by atoms with Crippen molar-refractivity contribution >= 4 is 5.84 Å². The van der Waals surface area contributed by atoms with E-state index in [1.165, 1.54) is 18.2 Å². The maximum atomic E-state index is 13.1. The highest BCUT2D eigenvalue weighted by Crippen LogP contribution is 2.18. The van der Waals surface area contributed by atoms with Gasteiger partial charge < -0.3 is 10.9 Å². The van der Waals surface area contributed by atoms with Crippen LogP contribution < -0.4 is 5.73 Å². The Morgan fingerprint density at radius 1 is 1.33 bits per heavy atom. The molecule has 1 aromatic carbocycles. The molecule has 2 rings (SSSR count). The van der Waals surface area contributed by atoms with Gasteiger partial charge in [0, 0.05) is 5.56 Å². The molecule has 0 radical (unpaired) electrons. The minimum atomic E-state index is -0.353. The number of hydrogen-bond donors (Lipinski definition) is 2. The van der Waals surface area contributed by atoms with E-state index < -0.39 is 0 Å². The molecule has 6 heteroatoms. The molecular formula is C12H11FN4O. The molecule has 5 nitrogen and oxygen atoms in total. The van der Waals surface area contributed by atoms with Gasteiger partial charge in [0.2, 0.25) is 0 Å². The number of halogens is 1. The number of nitrogens with zero attached hydrogens (tertiary/aromatic N) is 3. The number of rotatable bonds is 2. The van der Waals surface area contributed by atoms with Crippen molar-refractivity contribution < 1.29 is 9.60 Å². The normalized spacial score (nSPS) is 11.6. The Bertz CT molecular complexity index is 613. The van der Waals surface area contributed by atoms with E-state index in [1.54, 1.807) is 19.1 Å². The Labute approximate surface area is 103 Å². The van der Waals surface area contributed by atoms with Crippen molar-refractivity contribution in [1.82, 2.24) is 9.97 Å². The van der Waals surface area contributed by atoms with Gasteiger partial charge in [-0.05, 0) is 25.1 Å². The lowest BCUT2D eigenvalue weighted by atomic mass is 10.1. The molecule has 92 valence electrons. The van der Waals surface area contributed by atoms with E-state index in [2.05, 4.69) is 15.1 Å². The van der Waals surface area contributed by atoms with E-state index >= 15 is 0 Å². The van der Waals surface area contributed by atoms with E-state index in [0.29, 0.717) is 22.8 Å². The molecule has 0 saturated carbocycles. The third-order valence-corrected chi connectivity index (χ3v) is 2.33. The maximum Gasteiger partial charge on any atom is 0.188 e. The van der Waals surface area contributed by atoms with Gasteiger partial charge in [0.1, 0.15) is 17.3 Å². The molecule has 0 aliphatic heterocycles. The fourth-order valence-electron chi connectivity index (χ4n) is 1.55. The molecule has 1 heterocycles. The molecule has 2 aromatic rings. The largest absolute Gasteiger partial charge is 0.409 e. The second kappa shape index (κ2) is 4.79. The van der Waals surface area contributed by atoms with Gasteiger partial charge in [0.15, 0.2) is 5.84 Å². The lowest BCUT2D eigenvalue weighted by Crippen LogP contribution is -2.16. The molecule has 0 aliphatic carbocycles. The van der Waals surface area contributed by atoms with Gasteiger partial charge in [-0.2, -0.15) is 0 Å². The van der Waals surface area contributed by atoms with E-state index in [1.807, 2.05) is 0 Å². The third-order valence-electron chi connectivity index (χ3n) is 2.33. The van der Waals surface area contributed by atoms with Crippen molar-refractivity contribution in [2.45, 2.75) is 6.92 Å². The molecule has 0 fully saturated rings. The standard InChI is InChI=1S/C12H11FN4O/c1-7-15-10(6-11(16-7)12(14)17-18)8-3-2-4-9(13)5-8/h2-6,18H,1H3,(H2,14,17). The molecular weight excluding hydrogens is 235 g/mol. The van der Waals surface area contributed by atoms with Gasteiger partial charge in [-0.25, -0.2) is 14.4 Å². The Morgan fingerprint density at radius 2 is 2.11 bits per heavy atom. The van der Waals surface area contributed by atoms with Crippen LogP contribution in [-0.4, -0.2) is 21.0 Å². The molecule has 0 unspecified atom stereocenters. The molecule has 0 aliphatic rings. The summed E-state index contributed by atoms with van der Waals surface area (Å²) in [5, 5.41) is 11.5.